The molecule has 0 saturated carbocycles. The molecule has 0 aromatic heterocycles. The van der Waals surface area contributed by atoms with Crippen molar-refractivity contribution in [2.75, 3.05) is 26.4 Å². The van der Waals surface area contributed by atoms with E-state index in [2.05, 4.69) is 27.7 Å². The molecule has 8 unspecified atom stereocenters. The third-order valence-electron chi connectivity index (χ3n) is 19.8. The number of hydrogen-bond donors (Lipinski definition) is 0. The molecule has 0 spiro atoms. The van der Waals surface area contributed by atoms with Crippen LogP contribution in [0, 0.1) is 5.41 Å². The Balaban J connectivity index is 1.22. The maximum Gasteiger partial charge on any atom is 0.305 e. The molecule has 0 amide bonds. The minimum absolute atomic E-state index is 0.194. The maximum atomic E-state index is 13.5. The lowest BCUT2D eigenvalue weighted by molar-refractivity contribution is -0.170. The predicted molar refractivity (Wildman–Crippen MR) is 362 cm³/mol. The van der Waals surface area contributed by atoms with Gasteiger partial charge in [-0.1, -0.05) is 285 Å². The van der Waals surface area contributed by atoms with Crippen LogP contribution in [-0.2, 0) is 57.1 Å². The topological polar surface area (TPSA) is 155 Å². The summed E-state index contributed by atoms with van der Waals surface area (Å²) in [6.07, 6.45) is 65.2. The first-order valence-electron chi connectivity index (χ1n) is 38.9. The molecule has 520 valence electrons. The molecule has 0 aromatic carbocycles. The molecule has 89 heavy (non-hydrogen) atoms. The van der Waals surface area contributed by atoms with Crippen molar-refractivity contribution in [3.05, 3.63) is 0 Å². The van der Waals surface area contributed by atoms with E-state index in [0.717, 1.165) is 128 Å². The highest BCUT2D eigenvalue weighted by molar-refractivity contribution is 5.71. The van der Waals surface area contributed by atoms with Crippen LogP contribution < -0.4 is 0 Å². The van der Waals surface area contributed by atoms with Crippen molar-refractivity contribution in [1.82, 2.24) is 0 Å². The smallest absolute Gasteiger partial charge is 0.305 e. The van der Waals surface area contributed by atoms with Gasteiger partial charge < -0.3 is 37.9 Å². The highest BCUT2D eigenvalue weighted by Crippen LogP contribution is 2.36. The van der Waals surface area contributed by atoms with Gasteiger partial charge in [0, 0.05) is 25.7 Å². The largest absolute Gasteiger partial charge is 0.465 e. The van der Waals surface area contributed by atoms with Gasteiger partial charge >= 0.3 is 23.9 Å². The minimum Gasteiger partial charge on any atom is -0.465 e. The molecule has 4 fully saturated rings. The van der Waals surface area contributed by atoms with Gasteiger partial charge in [-0.2, -0.15) is 0 Å². The second-order valence-electron chi connectivity index (χ2n) is 28.4. The SMILES string of the molecule is CCCCCCCCC1OC1CCCCCCCC(=O)OCC(COC(=O)CCCCCCCC1OC1CCCCCCCC)(COC(=O)CCCCCCCC1OC1CCCCCCCC)COC(=O)CCCCCCCC1OC1CCCCCCCC. The van der Waals surface area contributed by atoms with E-state index in [9.17, 15) is 19.2 Å². The van der Waals surface area contributed by atoms with Crippen LogP contribution in [0.2, 0.25) is 0 Å². The summed E-state index contributed by atoms with van der Waals surface area (Å²) in [6, 6.07) is 0. The van der Waals surface area contributed by atoms with Gasteiger partial charge in [0.2, 0.25) is 0 Å². The minimum atomic E-state index is -1.25. The Hall–Kier alpha value is -2.28. The summed E-state index contributed by atoms with van der Waals surface area (Å²) in [5.41, 5.74) is -1.25. The molecular formula is C77H140O12. The Kier molecular flexibility index (Phi) is 47.2. The Morgan fingerprint density at radius 1 is 0.225 bits per heavy atom. The monoisotopic (exact) mass is 1260 g/mol. The molecule has 4 aliphatic rings. The molecule has 0 radical (unpaired) electrons. The number of unbranched alkanes of at least 4 members (excludes halogenated alkanes) is 36. The number of carbonyl (C=O) groups is 4. The summed E-state index contributed by atoms with van der Waals surface area (Å²) in [4.78, 5) is 53.9. The van der Waals surface area contributed by atoms with Gasteiger partial charge in [0.25, 0.3) is 0 Å². The zero-order valence-electron chi connectivity index (χ0n) is 58.4. The van der Waals surface area contributed by atoms with Crippen LogP contribution in [0.4, 0.5) is 0 Å². The Bertz CT molecular complexity index is 1480. The lowest BCUT2D eigenvalue weighted by Crippen LogP contribution is -2.44. The zero-order valence-corrected chi connectivity index (χ0v) is 58.4. The van der Waals surface area contributed by atoms with Crippen LogP contribution in [0.15, 0.2) is 0 Å². The van der Waals surface area contributed by atoms with Crippen LogP contribution in [-0.4, -0.2) is 99.1 Å². The number of carbonyl (C=O) groups excluding carboxylic acids is 4. The number of esters is 4. The molecule has 8 atom stereocenters. The lowest BCUT2D eigenvalue weighted by atomic mass is 9.92. The molecule has 4 heterocycles. The van der Waals surface area contributed by atoms with Crippen molar-refractivity contribution in [2.45, 2.75) is 436 Å². The van der Waals surface area contributed by atoms with Crippen LogP contribution >= 0.6 is 0 Å². The van der Waals surface area contributed by atoms with Gasteiger partial charge in [-0.15, -0.1) is 0 Å². The number of ether oxygens (including phenoxy) is 8. The molecule has 0 bridgehead atoms. The van der Waals surface area contributed by atoms with Crippen molar-refractivity contribution >= 4 is 23.9 Å². The molecule has 12 nitrogen and oxygen atoms in total. The number of epoxide rings is 4. The number of rotatable bonds is 68. The lowest BCUT2D eigenvalue weighted by Gasteiger charge is -2.31. The molecule has 4 aliphatic heterocycles. The summed E-state index contributed by atoms with van der Waals surface area (Å²) < 4.78 is 47.9. The van der Waals surface area contributed by atoms with Crippen molar-refractivity contribution in [3.8, 4) is 0 Å². The second-order valence-corrected chi connectivity index (χ2v) is 28.4. The van der Waals surface area contributed by atoms with Crippen molar-refractivity contribution in [2.24, 2.45) is 5.41 Å². The van der Waals surface area contributed by atoms with Crippen molar-refractivity contribution in [3.63, 3.8) is 0 Å². The first-order chi connectivity index (χ1) is 43.7. The second kappa shape index (κ2) is 53.0. The maximum absolute atomic E-state index is 13.5. The zero-order chi connectivity index (χ0) is 63.5. The molecular weight excluding hydrogens is 1120 g/mol. The normalized spacial score (nSPS) is 21.3. The van der Waals surface area contributed by atoms with Crippen LogP contribution in [0.25, 0.3) is 0 Å². The Labute approximate surface area is 546 Å². The highest BCUT2D eigenvalue weighted by atomic mass is 16.6. The Morgan fingerprint density at radius 3 is 0.539 bits per heavy atom. The van der Waals surface area contributed by atoms with Gasteiger partial charge in [-0.25, -0.2) is 0 Å². The predicted octanol–water partition coefficient (Wildman–Crippen LogP) is 21.1. The van der Waals surface area contributed by atoms with E-state index in [0.29, 0.717) is 74.5 Å². The van der Waals surface area contributed by atoms with Crippen molar-refractivity contribution < 1.29 is 57.1 Å². The van der Waals surface area contributed by atoms with Crippen LogP contribution in [0.3, 0.4) is 0 Å². The first-order valence-corrected chi connectivity index (χ1v) is 38.9. The molecule has 12 heteroatoms. The van der Waals surface area contributed by atoms with E-state index in [1.54, 1.807) is 0 Å². The average Bonchev–Trinajstić information content (AvgIpc) is 3.78. The summed E-state index contributed by atoms with van der Waals surface area (Å²) in [7, 11) is 0. The molecule has 4 saturated heterocycles. The Morgan fingerprint density at radius 2 is 0.371 bits per heavy atom. The van der Waals surface area contributed by atoms with E-state index in [4.69, 9.17) is 37.9 Å². The van der Waals surface area contributed by atoms with E-state index in [1.165, 1.54) is 180 Å². The van der Waals surface area contributed by atoms with Crippen LogP contribution in [0.5, 0.6) is 0 Å². The van der Waals surface area contributed by atoms with E-state index in [-0.39, 0.29) is 76.0 Å². The fraction of sp³-hybridized carbons (Fsp3) is 0.948. The van der Waals surface area contributed by atoms with E-state index < -0.39 is 5.41 Å². The summed E-state index contributed by atoms with van der Waals surface area (Å²) in [5.74, 6) is -1.42. The molecule has 0 N–H and O–H groups in total. The molecule has 4 rings (SSSR count). The summed E-state index contributed by atoms with van der Waals surface area (Å²) in [5, 5.41) is 0. The van der Waals surface area contributed by atoms with Gasteiger partial charge in [-0.05, 0) is 77.0 Å². The third kappa shape index (κ3) is 43.4. The summed E-state index contributed by atoms with van der Waals surface area (Å²) >= 11 is 0. The van der Waals surface area contributed by atoms with Crippen molar-refractivity contribution in [1.29, 1.82) is 0 Å². The molecule has 0 aromatic rings. The van der Waals surface area contributed by atoms with Gasteiger partial charge in [0.15, 0.2) is 0 Å². The highest BCUT2D eigenvalue weighted by Gasteiger charge is 2.41. The van der Waals surface area contributed by atoms with Gasteiger partial charge in [0.05, 0.1) is 48.8 Å². The van der Waals surface area contributed by atoms with Crippen LogP contribution in [0.1, 0.15) is 387 Å². The summed E-state index contributed by atoms with van der Waals surface area (Å²) in [6.45, 7) is 8.27. The van der Waals surface area contributed by atoms with Gasteiger partial charge in [-0.3, -0.25) is 19.2 Å². The molecule has 0 aliphatic carbocycles. The standard InChI is InChI=1S/C77H140O12/c1-5-9-13-17-25-37-49-65-69(86-65)53-41-29-21-33-45-57-73(78)82-61-77(62-83-74(79)58-46-34-22-30-42-54-70-66(87-70)50-38-26-18-14-10-6-2,63-84-75(80)59-47-35-23-31-43-55-71-67(88-71)51-39-27-19-15-11-7-3)64-85-76(81)60-48-36-24-32-44-56-72-68(89-72)52-40-28-20-16-12-8-4/h65-72H,5-64H2,1-4H3. The van der Waals surface area contributed by atoms with E-state index in [1.807, 2.05) is 0 Å². The quantitative estimate of drug-likeness (QED) is 0.0246. The third-order valence-corrected chi connectivity index (χ3v) is 19.8. The average molecular weight is 1260 g/mol. The fourth-order valence-corrected chi connectivity index (χ4v) is 13.3. The number of hydrogen-bond acceptors (Lipinski definition) is 12. The van der Waals surface area contributed by atoms with E-state index >= 15 is 0 Å². The fourth-order valence-electron chi connectivity index (χ4n) is 13.3. The first kappa shape index (κ1) is 79.2. The van der Waals surface area contributed by atoms with Gasteiger partial charge in [0.1, 0.15) is 31.8 Å².